The van der Waals surface area contributed by atoms with Crippen LogP contribution in [0.1, 0.15) is 47.7 Å². The van der Waals surface area contributed by atoms with Crippen LogP contribution in [-0.2, 0) is 4.74 Å². The van der Waals surface area contributed by atoms with Crippen LogP contribution in [0.15, 0.2) is 46.9 Å². The predicted molar refractivity (Wildman–Crippen MR) is 110 cm³/mol. The van der Waals surface area contributed by atoms with Gasteiger partial charge in [0, 0.05) is 16.1 Å². The van der Waals surface area contributed by atoms with Gasteiger partial charge in [-0.3, -0.25) is 4.79 Å². The molecule has 1 N–H and O–H groups in total. The Bertz CT molecular complexity index is 925. The van der Waals surface area contributed by atoms with Crippen molar-refractivity contribution in [2.75, 3.05) is 7.11 Å². The van der Waals surface area contributed by atoms with E-state index in [0.29, 0.717) is 22.6 Å². The second-order valence-corrected chi connectivity index (χ2v) is 8.19. The second-order valence-electron chi connectivity index (χ2n) is 7.27. The van der Waals surface area contributed by atoms with Gasteiger partial charge in [0.25, 0.3) is 0 Å². The lowest BCUT2D eigenvalue weighted by Gasteiger charge is -2.32. The third kappa shape index (κ3) is 4.24. The van der Waals surface area contributed by atoms with Crippen LogP contribution in [0.4, 0.5) is 4.79 Å². The van der Waals surface area contributed by atoms with E-state index in [1.807, 2.05) is 24.3 Å². The number of amides is 1. The molecule has 1 aliphatic heterocycles. The number of methoxy groups -OCH3 is 1. The molecule has 0 radical (unpaired) electrons. The molecule has 2 unspecified atom stereocenters. The highest BCUT2D eigenvalue weighted by Gasteiger charge is 2.41. The largest absolute Gasteiger partial charge is 0.497 e. The molecule has 1 aliphatic carbocycles. The van der Waals surface area contributed by atoms with E-state index >= 15 is 0 Å². The van der Waals surface area contributed by atoms with Gasteiger partial charge in [-0.1, -0.05) is 40.9 Å². The number of hydrogen-bond donors (Lipinski definition) is 1. The molecule has 2 aromatic rings. The van der Waals surface area contributed by atoms with Gasteiger partial charge < -0.3 is 19.5 Å². The van der Waals surface area contributed by atoms with Crippen molar-refractivity contribution >= 4 is 27.8 Å². The number of alkyl carbamates (subject to hydrolysis) is 1. The van der Waals surface area contributed by atoms with Crippen LogP contribution in [0, 0.1) is 0 Å². The van der Waals surface area contributed by atoms with Crippen LogP contribution < -0.4 is 14.8 Å². The fourth-order valence-corrected chi connectivity index (χ4v) is 4.21. The molecule has 29 heavy (non-hydrogen) atoms. The molecule has 2 aromatic carbocycles. The Labute approximate surface area is 177 Å². The molecular formula is C22H22BrNO5. The van der Waals surface area contributed by atoms with E-state index < -0.39 is 18.3 Å². The van der Waals surface area contributed by atoms with Gasteiger partial charge in [0.2, 0.25) is 11.9 Å². The minimum atomic E-state index is -1.09. The summed E-state index contributed by atoms with van der Waals surface area (Å²) in [7, 11) is 1.57. The van der Waals surface area contributed by atoms with Gasteiger partial charge in [0.05, 0.1) is 12.7 Å². The van der Waals surface area contributed by atoms with Crippen LogP contribution in [-0.4, -0.2) is 31.1 Å². The number of benzene rings is 2. The lowest BCUT2D eigenvalue weighted by Crippen LogP contribution is -2.43. The van der Waals surface area contributed by atoms with Crippen molar-refractivity contribution < 1.29 is 23.8 Å². The third-order valence-corrected chi connectivity index (χ3v) is 5.82. The van der Waals surface area contributed by atoms with Crippen molar-refractivity contribution in [2.45, 2.75) is 43.9 Å². The van der Waals surface area contributed by atoms with Crippen LogP contribution in [0.5, 0.6) is 11.5 Å². The highest BCUT2D eigenvalue weighted by atomic mass is 79.9. The normalized spacial score (nSPS) is 21.2. The van der Waals surface area contributed by atoms with E-state index in [0.717, 1.165) is 30.2 Å². The average molecular weight is 460 g/mol. The standard InChI is InChI=1S/C22H22BrNO5/c1-27-16-8-4-5-13(11-16)20-21(29-22(26)24-15-6-2-3-7-15)19(25)17-12-14(23)9-10-18(17)28-20/h4-5,8-12,15,20-21H,2-3,6-7H2,1H3,(H,24,26). The maximum atomic E-state index is 13.2. The molecule has 4 rings (SSSR count). The molecule has 1 heterocycles. The summed E-state index contributed by atoms with van der Waals surface area (Å²) in [4.78, 5) is 25.8. The Hall–Kier alpha value is -2.54. The van der Waals surface area contributed by atoms with Gasteiger partial charge in [-0.15, -0.1) is 0 Å². The Morgan fingerprint density at radius 1 is 1.17 bits per heavy atom. The van der Waals surface area contributed by atoms with E-state index in [1.54, 1.807) is 25.3 Å². The number of fused-ring (bicyclic) bond motifs is 1. The first-order chi connectivity index (χ1) is 14.0. The second kappa shape index (κ2) is 8.45. The van der Waals surface area contributed by atoms with E-state index in [1.165, 1.54) is 0 Å². The number of rotatable bonds is 4. The van der Waals surface area contributed by atoms with Crippen molar-refractivity contribution in [1.82, 2.24) is 5.32 Å². The Morgan fingerprint density at radius 3 is 2.72 bits per heavy atom. The molecule has 1 saturated carbocycles. The van der Waals surface area contributed by atoms with E-state index in [4.69, 9.17) is 14.2 Å². The lowest BCUT2D eigenvalue weighted by molar-refractivity contribution is 0.00823. The van der Waals surface area contributed by atoms with Crippen molar-refractivity contribution in [2.24, 2.45) is 0 Å². The van der Waals surface area contributed by atoms with E-state index in [9.17, 15) is 9.59 Å². The molecule has 1 fully saturated rings. The number of hydrogen-bond acceptors (Lipinski definition) is 5. The molecule has 0 bridgehead atoms. The van der Waals surface area contributed by atoms with Crippen molar-refractivity contribution in [3.05, 3.63) is 58.1 Å². The molecule has 152 valence electrons. The van der Waals surface area contributed by atoms with Gasteiger partial charge in [-0.05, 0) is 43.2 Å². The van der Waals surface area contributed by atoms with Gasteiger partial charge in [-0.25, -0.2) is 4.79 Å². The van der Waals surface area contributed by atoms with Gasteiger partial charge in [-0.2, -0.15) is 0 Å². The first-order valence-corrected chi connectivity index (χ1v) is 10.5. The summed E-state index contributed by atoms with van der Waals surface area (Å²) in [6, 6.07) is 12.6. The summed E-state index contributed by atoms with van der Waals surface area (Å²) in [5.74, 6) is 0.804. The molecule has 6 nitrogen and oxygen atoms in total. The predicted octanol–water partition coefficient (Wildman–Crippen LogP) is 4.81. The van der Waals surface area contributed by atoms with Gasteiger partial charge in [0.15, 0.2) is 6.10 Å². The van der Waals surface area contributed by atoms with Crippen molar-refractivity contribution in [3.63, 3.8) is 0 Å². The molecular weight excluding hydrogens is 438 g/mol. The number of ether oxygens (including phenoxy) is 3. The van der Waals surface area contributed by atoms with Gasteiger partial charge in [0.1, 0.15) is 11.5 Å². The van der Waals surface area contributed by atoms with Crippen molar-refractivity contribution in [1.29, 1.82) is 0 Å². The number of halogens is 1. The number of carbonyl (C=O) groups is 2. The van der Waals surface area contributed by atoms with E-state index in [-0.39, 0.29) is 11.8 Å². The van der Waals surface area contributed by atoms with Crippen LogP contribution in [0.25, 0.3) is 0 Å². The zero-order valence-corrected chi connectivity index (χ0v) is 17.6. The first kappa shape index (κ1) is 19.8. The summed E-state index contributed by atoms with van der Waals surface area (Å²) in [6.45, 7) is 0. The highest BCUT2D eigenvalue weighted by molar-refractivity contribution is 9.10. The zero-order valence-electron chi connectivity index (χ0n) is 16.0. The lowest BCUT2D eigenvalue weighted by atomic mass is 9.93. The Morgan fingerprint density at radius 2 is 1.97 bits per heavy atom. The molecule has 2 atom stereocenters. The molecule has 0 saturated heterocycles. The summed E-state index contributed by atoms with van der Waals surface area (Å²) < 4.78 is 17.8. The zero-order chi connectivity index (χ0) is 20.4. The summed E-state index contributed by atoms with van der Waals surface area (Å²) in [6.07, 6.45) is 1.59. The smallest absolute Gasteiger partial charge is 0.408 e. The minimum absolute atomic E-state index is 0.0961. The Kier molecular flexibility index (Phi) is 5.76. The number of ketones is 1. The quantitative estimate of drug-likeness (QED) is 0.709. The third-order valence-electron chi connectivity index (χ3n) is 5.33. The molecule has 0 aromatic heterocycles. The van der Waals surface area contributed by atoms with Crippen LogP contribution in [0.3, 0.4) is 0 Å². The topological polar surface area (TPSA) is 73.9 Å². The molecule has 7 heteroatoms. The Balaban J connectivity index is 1.64. The van der Waals surface area contributed by atoms with Crippen LogP contribution in [0.2, 0.25) is 0 Å². The number of carbonyl (C=O) groups excluding carboxylic acids is 2. The minimum Gasteiger partial charge on any atom is -0.497 e. The number of nitrogens with one attached hydrogen (secondary N) is 1. The molecule has 0 spiro atoms. The fraction of sp³-hybridized carbons (Fsp3) is 0.364. The molecule has 1 amide bonds. The SMILES string of the molecule is COc1cccc(C2Oc3ccc(Br)cc3C(=O)C2OC(=O)NC2CCCC2)c1. The monoisotopic (exact) mass is 459 g/mol. The first-order valence-electron chi connectivity index (χ1n) is 9.66. The molecule has 2 aliphatic rings. The number of Topliss-reactive ketones (excluding diaryl/α,β-unsaturated/α-hetero) is 1. The van der Waals surface area contributed by atoms with E-state index in [2.05, 4.69) is 21.2 Å². The van der Waals surface area contributed by atoms with Crippen LogP contribution >= 0.6 is 15.9 Å². The highest BCUT2D eigenvalue weighted by Crippen LogP contribution is 2.38. The summed E-state index contributed by atoms with van der Waals surface area (Å²) in [5, 5.41) is 2.87. The summed E-state index contributed by atoms with van der Waals surface area (Å²) in [5.41, 5.74) is 1.09. The maximum absolute atomic E-state index is 13.2. The fourth-order valence-electron chi connectivity index (χ4n) is 3.85. The maximum Gasteiger partial charge on any atom is 0.408 e. The van der Waals surface area contributed by atoms with Gasteiger partial charge >= 0.3 is 6.09 Å². The van der Waals surface area contributed by atoms with Crippen molar-refractivity contribution in [3.8, 4) is 11.5 Å². The average Bonchev–Trinajstić information content (AvgIpc) is 3.23. The summed E-state index contributed by atoms with van der Waals surface area (Å²) >= 11 is 3.38.